The highest BCUT2D eigenvalue weighted by atomic mass is 35.5. The molecule has 0 saturated carbocycles. The lowest BCUT2D eigenvalue weighted by Crippen LogP contribution is -2.07. The molecule has 1 aliphatic rings. The fraction of sp³-hybridized carbons (Fsp3) is 0.250. The first-order valence-corrected chi connectivity index (χ1v) is 7.31. The highest BCUT2D eigenvalue weighted by Crippen LogP contribution is 2.38. The number of aryl methyl sites for hydroxylation is 1. The van der Waals surface area contributed by atoms with E-state index in [-0.39, 0.29) is 6.04 Å². The molecule has 0 aliphatic heterocycles. The zero-order valence-electron chi connectivity index (χ0n) is 11.1. The molecular formula is C16H15Cl2NO. The van der Waals surface area contributed by atoms with Crippen LogP contribution in [0.15, 0.2) is 36.4 Å². The van der Waals surface area contributed by atoms with Gasteiger partial charge in [-0.1, -0.05) is 29.3 Å². The summed E-state index contributed by atoms with van der Waals surface area (Å²) >= 11 is 12.2. The lowest BCUT2D eigenvalue weighted by Gasteiger charge is -2.17. The predicted octanol–water partition coefficient (Wildman–Crippen LogP) is 5.10. The Bertz CT molecular complexity index is 642. The van der Waals surface area contributed by atoms with Crippen molar-refractivity contribution in [1.82, 2.24) is 0 Å². The first-order chi connectivity index (χ1) is 9.67. The van der Waals surface area contributed by atoms with Gasteiger partial charge in [-0.05, 0) is 54.3 Å². The average Bonchev–Trinajstić information content (AvgIpc) is 2.85. The SMILES string of the molecule is COc1ccc2c(c1)C(Nc1cc(Cl)ccc1Cl)CC2. The van der Waals surface area contributed by atoms with Gasteiger partial charge in [-0.25, -0.2) is 0 Å². The van der Waals surface area contributed by atoms with Crippen LogP contribution < -0.4 is 10.1 Å². The number of anilines is 1. The first kappa shape index (κ1) is 13.6. The number of hydrogen-bond acceptors (Lipinski definition) is 2. The summed E-state index contributed by atoms with van der Waals surface area (Å²) in [5.74, 6) is 0.884. The van der Waals surface area contributed by atoms with Crippen LogP contribution >= 0.6 is 23.2 Å². The number of halogens is 2. The number of rotatable bonds is 3. The third-order valence-corrected chi connectivity index (χ3v) is 4.25. The molecule has 20 heavy (non-hydrogen) atoms. The zero-order valence-corrected chi connectivity index (χ0v) is 12.6. The molecule has 0 saturated heterocycles. The van der Waals surface area contributed by atoms with Crippen LogP contribution in [0.1, 0.15) is 23.6 Å². The van der Waals surface area contributed by atoms with E-state index in [1.54, 1.807) is 13.2 Å². The van der Waals surface area contributed by atoms with E-state index in [1.165, 1.54) is 11.1 Å². The fourth-order valence-corrected chi connectivity index (χ4v) is 3.00. The van der Waals surface area contributed by atoms with Crippen molar-refractivity contribution in [2.24, 2.45) is 0 Å². The van der Waals surface area contributed by atoms with Crippen molar-refractivity contribution in [3.63, 3.8) is 0 Å². The van der Waals surface area contributed by atoms with Gasteiger partial charge in [0.25, 0.3) is 0 Å². The minimum Gasteiger partial charge on any atom is -0.497 e. The summed E-state index contributed by atoms with van der Waals surface area (Å²) in [6.45, 7) is 0. The monoisotopic (exact) mass is 307 g/mol. The molecule has 0 radical (unpaired) electrons. The summed E-state index contributed by atoms with van der Waals surface area (Å²) in [5.41, 5.74) is 3.52. The summed E-state index contributed by atoms with van der Waals surface area (Å²) in [4.78, 5) is 0. The zero-order chi connectivity index (χ0) is 14.1. The molecule has 0 amide bonds. The first-order valence-electron chi connectivity index (χ1n) is 6.56. The molecule has 0 fully saturated rings. The Hall–Kier alpha value is -1.38. The third kappa shape index (κ3) is 2.58. The maximum absolute atomic E-state index is 6.21. The second kappa shape index (κ2) is 5.55. The van der Waals surface area contributed by atoms with E-state index in [0.717, 1.165) is 24.3 Å². The molecule has 3 rings (SSSR count). The van der Waals surface area contributed by atoms with Gasteiger partial charge in [-0.3, -0.25) is 0 Å². The van der Waals surface area contributed by atoms with Crippen LogP contribution in [0.3, 0.4) is 0 Å². The van der Waals surface area contributed by atoms with Crippen LogP contribution in [0.5, 0.6) is 5.75 Å². The highest BCUT2D eigenvalue weighted by Gasteiger charge is 2.23. The van der Waals surface area contributed by atoms with Gasteiger partial charge in [-0.2, -0.15) is 0 Å². The molecule has 1 aliphatic carbocycles. The van der Waals surface area contributed by atoms with Gasteiger partial charge in [-0.15, -0.1) is 0 Å². The lowest BCUT2D eigenvalue weighted by atomic mass is 10.1. The Balaban J connectivity index is 1.89. The Labute approximate surface area is 128 Å². The van der Waals surface area contributed by atoms with Gasteiger partial charge in [0.05, 0.1) is 23.9 Å². The molecule has 0 bridgehead atoms. The van der Waals surface area contributed by atoms with Crippen molar-refractivity contribution in [3.8, 4) is 5.75 Å². The van der Waals surface area contributed by atoms with Gasteiger partial charge in [0.2, 0.25) is 0 Å². The minimum absolute atomic E-state index is 0.246. The predicted molar refractivity (Wildman–Crippen MR) is 84.1 cm³/mol. The molecule has 1 atom stereocenters. The quantitative estimate of drug-likeness (QED) is 0.851. The Morgan fingerprint density at radius 3 is 2.80 bits per heavy atom. The van der Waals surface area contributed by atoms with Crippen LogP contribution in [-0.2, 0) is 6.42 Å². The van der Waals surface area contributed by atoms with Gasteiger partial charge >= 0.3 is 0 Å². The van der Waals surface area contributed by atoms with E-state index in [4.69, 9.17) is 27.9 Å². The van der Waals surface area contributed by atoms with Crippen molar-refractivity contribution in [3.05, 3.63) is 57.6 Å². The van der Waals surface area contributed by atoms with Crippen LogP contribution in [0.2, 0.25) is 10.0 Å². The topological polar surface area (TPSA) is 21.3 Å². The number of nitrogens with one attached hydrogen (secondary N) is 1. The normalized spacial score (nSPS) is 16.9. The van der Waals surface area contributed by atoms with E-state index in [2.05, 4.69) is 17.4 Å². The molecule has 0 aromatic heterocycles. The molecule has 0 spiro atoms. The summed E-state index contributed by atoms with van der Waals surface area (Å²) in [6, 6.07) is 12.0. The summed E-state index contributed by atoms with van der Waals surface area (Å²) in [5, 5.41) is 4.85. The molecule has 104 valence electrons. The second-order valence-corrected chi connectivity index (χ2v) is 5.77. The van der Waals surface area contributed by atoms with Crippen molar-refractivity contribution in [2.45, 2.75) is 18.9 Å². The molecular weight excluding hydrogens is 293 g/mol. The second-order valence-electron chi connectivity index (χ2n) is 4.92. The highest BCUT2D eigenvalue weighted by molar-refractivity contribution is 6.35. The van der Waals surface area contributed by atoms with Gasteiger partial charge in [0.1, 0.15) is 5.75 Å². The molecule has 2 aromatic rings. The minimum atomic E-state index is 0.246. The van der Waals surface area contributed by atoms with Crippen LogP contribution in [-0.4, -0.2) is 7.11 Å². The number of benzene rings is 2. The van der Waals surface area contributed by atoms with Gasteiger partial charge in [0.15, 0.2) is 0 Å². The van der Waals surface area contributed by atoms with Gasteiger partial charge < -0.3 is 10.1 Å². The van der Waals surface area contributed by atoms with Crippen molar-refractivity contribution < 1.29 is 4.74 Å². The maximum Gasteiger partial charge on any atom is 0.119 e. The third-order valence-electron chi connectivity index (χ3n) is 3.69. The number of methoxy groups -OCH3 is 1. The van der Waals surface area contributed by atoms with Crippen molar-refractivity contribution >= 4 is 28.9 Å². The van der Waals surface area contributed by atoms with E-state index in [1.807, 2.05) is 18.2 Å². The molecule has 1 unspecified atom stereocenters. The van der Waals surface area contributed by atoms with Crippen molar-refractivity contribution in [2.75, 3.05) is 12.4 Å². The van der Waals surface area contributed by atoms with E-state index in [0.29, 0.717) is 10.0 Å². The molecule has 2 nitrogen and oxygen atoms in total. The summed E-state index contributed by atoms with van der Waals surface area (Å²) in [7, 11) is 1.69. The summed E-state index contributed by atoms with van der Waals surface area (Å²) < 4.78 is 5.31. The number of ether oxygens (including phenoxy) is 1. The molecule has 4 heteroatoms. The van der Waals surface area contributed by atoms with E-state index in [9.17, 15) is 0 Å². The van der Waals surface area contributed by atoms with Crippen LogP contribution in [0.4, 0.5) is 5.69 Å². The maximum atomic E-state index is 6.21. The van der Waals surface area contributed by atoms with Crippen molar-refractivity contribution in [1.29, 1.82) is 0 Å². The Morgan fingerprint density at radius 1 is 1.15 bits per heavy atom. The number of hydrogen-bond donors (Lipinski definition) is 1. The van der Waals surface area contributed by atoms with Gasteiger partial charge in [0, 0.05) is 5.02 Å². The fourth-order valence-electron chi connectivity index (χ4n) is 2.65. The van der Waals surface area contributed by atoms with Crippen LogP contribution in [0, 0.1) is 0 Å². The van der Waals surface area contributed by atoms with E-state index >= 15 is 0 Å². The molecule has 1 N–H and O–H groups in total. The standard InChI is InChI=1S/C16H15Cl2NO/c1-20-12-5-2-10-3-7-15(13(10)9-12)19-16-8-11(17)4-6-14(16)18/h2,4-6,8-9,15,19H,3,7H2,1H3. The molecule has 0 heterocycles. The smallest absolute Gasteiger partial charge is 0.119 e. The number of fused-ring (bicyclic) bond motifs is 1. The van der Waals surface area contributed by atoms with E-state index < -0.39 is 0 Å². The molecule has 2 aromatic carbocycles. The lowest BCUT2D eigenvalue weighted by molar-refractivity contribution is 0.414. The van der Waals surface area contributed by atoms with Crippen LogP contribution in [0.25, 0.3) is 0 Å². The Kier molecular flexibility index (Phi) is 3.77. The average molecular weight is 308 g/mol. The Morgan fingerprint density at radius 2 is 2.00 bits per heavy atom. The summed E-state index contributed by atoms with van der Waals surface area (Å²) in [6.07, 6.45) is 2.11. The largest absolute Gasteiger partial charge is 0.497 e.